The Morgan fingerprint density at radius 1 is 1.31 bits per heavy atom. The van der Waals surface area contributed by atoms with Crippen LogP contribution in [-0.4, -0.2) is 12.6 Å². The van der Waals surface area contributed by atoms with E-state index in [0.717, 1.165) is 28.9 Å². The van der Waals surface area contributed by atoms with Crippen molar-refractivity contribution in [3.63, 3.8) is 0 Å². The van der Waals surface area contributed by atoms with Gasteiger partial charge in [-0.3, -0.25) is 0 Å². The van der Waals surface area contributed by atoms with E-state index in [1.165, 1.54) is 0 Å². The number of hydrogen-bond donors (Lipinski definition) is 3. The lowest BCUT2D eigenvalue weighted by Crippen LogP contribution is -2.29. The van der Waals surface area contributed by atoms with Gasteiger partial charge in [0.25, 0.3) is 0 Å². The lowest BCUT2D eigenvalue weighted by molar-refractivity contribution is 0.252. The number of amides is 2. The first-order valence-electron chi connectivity index (χ1n) is 5.46. The number of carbonyl (C=O) groups excluding carboxylic acids is 1. The normalized spacial score (nSPS) is 9.94. The molecule has 0 radical (unpaired) electrons. The molecule has 0 heterocycles. The quantitative estimate of drug-likeness (QED) is 0.686. The van der Waals surface area contributed by atoms with Crippen molar-refractivity contribution in [3.05, 3.63) is 23.3 Å². The minimum atomic E-state index is -0.169. The molecule has 16 heavy (non-hydrogen) atoms. The maximum atomic E-state index is 11.5. The van der Waals surface area contributed by atoms with Gasteiger partial charge in [0.1, 0.15) is 0 Å². The molecule has 4 N–H and O–H groups in total. The van der Waals surface area contributed by atoms with Gasteiger partial charge in [-0.25, -0.2) is 4.79 Å². The predicted molar refractivity (Wildman–Crippen MR) is 67.6 cm³/mol. The number of carbonyl (C=O) groups is 1. The van der Waals surface area contributed by atoms with Gasteiger partial charge < -0.3 is 16.4 Å². The second-order valence-corrected chi connectivity index (χ2v) is 3.91. The number of nitrogens with one attached hydrogen (secondary N) is 2. The summed E-state index contributed by atoms with van der Waals surface area (Å²) in [5.74, 6) is 0. The summed E-state index contributed by atoms with van der Waals surface area (Å²) >= 11 is 0. The van der Waals surface area contributed by atoms with Crippen LogP contribution in [0, 0.1) is 13.8 Å². The van der Waals surface area contributed by atoms with Crippen LogP contribution in [0.2, 0.25) is 0 Å². The van der Waals surface area contributed by atoms with Crippen molar-refractivity contribution in [2.75, 3.05) is 17.6 Å². The lowest BCUT2D eigenvalue weighted by atomic mass is 10.1. The van der Waals surface area contributed by atoms with Crippen molar-refractivity contribution in [2.45, 2.75) is 27.2 Å². The second kappa shape index (κ2) is 5.39. The Labute approximate surface area is 96.2 Å². The van der Waals surface area contributed by atoms with Crippen molar-refractivity contribution >= 4 is 17.4 Å². The maximum absolute atomic E-state index is 11.5. The van der Waals surface area contributed by atoms with E-state index in [1.54, 1.807) is 0 Å². The molecule has 0 aliphatic rings. The third-order valence-electron chi connectivity index (χ3n) is 2.33. The summed E-state index contributed by atoms with van der Waals surface area (Å²) in [5.41, 5.74) is 9.22. The third-order valence-corrected chi connectivity index (χ3v) is 2.33. The second-order valence-electron chi connectivity index (χ2n) is 3.91. The Balaban J connectivity index is 2.77. The topological polar surface area (TPSA) is 67.2 Å². The number of aryl methyl sites for hydroxylation is 2. The Kier molecular flexibility index (Phi) is 4.17. The van der Waals surface area contributed by atoms with Gasteiger partial charge in [0.15, 0.2) is 0 Å². The standard InChI is InChI=1S/C12H19N3O/c1-4-5-14-12(16)15-11-8(2)6-10(13)7-9(11)3/h6-7H,4-5,13H2,1-3H3,(H2,14,15,16). The summed E-state index contributed by atoms with van der Waals surface area (Å²) in [7, 11) is 0. The smallest absolute Gasteiger partial charge is 0.319 e. The molecule has 4 heteroatoms. The average molecular weight is 221 g/mol. The highest BCUT2D eigenvalue weighted by Crippen LogP contribution is 2.23. The number of rotatable bonds is 3. The zero-order chi connectivity index (χ0) is 12.1. The van der Waals surface area contributed by atoms with Crippen molar-refractivity contribution in [3.8, 4) is 0 Å². The van der Waals surface area contributed by atoms with Crippen molar-refractivity contribution in [1.29, 1.82) is 0 Å². The molecule has 0 aromatic heterocycles. The van der Waals surface area contributed by atoms with E-state index >= 15 is 0 Å². The molecule has 0 aliphatic carbocycles. The molecule has 0 saturated carbocycles. The highest BCUT2D eigenvalue weighted by Gasteiger charge is 2.07. The summed E-state index contributed by atoms with van der Waals surface area (Å²) in [4.78, 5) is 11.5. The Morgan fingerprint density at radius 2 is 1.88 bits per heavy atom. The lowest BCUT2D eigenvalue weighted by Gasteiger charge is -2.13. The molecule has 0 atom stereocenters. The van der Waals surface area contributed by atoms with Crippen molar-refractivity contribution in [2.24, 2.45) is 0 Å². The minimum absolute atomic E-state index is 0.169. The Hall–Kier alpha value is -1.71. The molecule has 0 bridgehead atoms. The van der Waals surface area contributed by atoms with Gasteiger partial charge in [0.05, 0.1) is 0 Å². The molecule has 1 aromatic rings. The van der Waals surface area contributed by atoms with Gasteiger partial charge in [0, 0.05) is 17.9 Å². The molecule has 2 amide bonds. The van der Waals surface area contributed by atoms with Crippen molar-refractivity contribution in [1.82, 2.24) is 5.32 Å². The molecule has 1 aromatic carbocycles. The van der Waals surface area contributed by atoms with Gasteiger partial charge in [-0.15, -0.1) is 0 Å². The van der Waals surface area contributed by atoms with Gasteiger partial charge in [-0.1, -0.05) is 6.92 Å². The van der Waals surface area contributed by atoms with Crippen LogP contribution in [0.4, 0.5) is 16.2 Å². The van der Waals surface area contributed by atoms with E-state index in [0.29, 0.717) is 6.54 Å². The van der Waals surface area contributed by atoms with Gasteiger partial charge >= 0.3 is 6.03 Å². The van der Waals surface area contributed by atoms with Gasteiger partial charge in [-0.2, -0.15) is 0 Å². The molecule has 88 valence electrons. The fraction of sp³-hybridized carbons (Fsp3) is 0.417. The number of urea groups is 1. The van der Waals surface area contributed by atoms with E-state index in [4.69, 9.17) is 5.73 Å². The number of nitrogens with two attached hydrogens (primary N) is 1. The number of hydrogen-bond acceptors (Lipinski definition) is 2. The molecule has 1 rings (SSSR count). The Bertz CT molecular complexity index is 365. The highest BCUT2D eigenvalue weighted by atomic mass is 16.2. The molecule has 0 saturated heterocycles. The summed E-state index contributed by atoms with van der Waals surface area (Å²) in [5, 5.41) is 5.60. The molecular weight excluding hydrogens is 202 g/mol. The molecular formula is C12H19N3O. The van der Waals surface area contributed by atoms with E-state index in [9.17, 15) is 4.79 Å². The van der Waals surface area contributed by atoms with Crippen LogP contribution in [0.25, 0.3) is 0 Å². The summed E-state index contributed by atoms with van der Waals surface area (Å²) in [6.45, 7) is 6.55. The highest BCUT2D eigenvalue weighted by molar-refractivity contribution is 5.91. The molecule has 0 unspecified atom stereocenters. The van der Waals surface area contributed by atoms with E-state index in [-0.39, 0.29) is 6.03 Å². The molecule has 0 fully saturated rings. The first kappa shape index (κ1) is 12.4. The summed E-state index contributed by atoms with van der Waals surface area (Å²) in [6, 6.07) is 3.53. The van der Waals surface area contributed by atoms with Crippen LogP contribution < -0.4 is 16.4 Å². The zero-order valence-corrected chi connectivity index (χ0v) is 10.1. The van der Waals surface area contributed by atoms with Crippen LogP contribution in [0.3, 0.4) is 0 Å². The Morgan fingerprint density at radius 3 is 2.38 bits per heavy atom. The average Bonchev–Trinajstić information content (AvgIpc) is 2.20. The maximum Gasteiger partial charge on any atom is 0.319 e. The fourth-order valence-corrected chi connectivity index (χ4v) is 1.59. The molecule has 0 aliphatic heterocycles. The number of benzene rings is 1. The van der Waals surface area contributed by atoms with E-state index in [2.05, 4.69) is 10.6 Å². The number of anilines is 2. The van der Waals surface area contributed by atoms with Crippen LogP contribution >= 0.6 is 0 Å². The van der Waals surface area contributed by atoms with Crippen LogP contribution in [0.5, 0.6) is 0 Å². The third kappa shape index (κ3) is 3.15. The van der Waals surface area contributed by atoms with Crippen LogP contribution in [0.15, 0.2) is 12.1 Å². The number of nitrogen functional groups attached to an aromatic ring is 1. The predicted octanol–water partition coefficient (Wildman–Crippen LogP) is 2.42. The van der Waals surface area contributed by atoms with Gasteiger partial charge in [0.2, 0.25) is 0 Å². The van der Waals surface area contributed by atoms with E-state index < -0.39 is 0 Å². The first-order valence-corrected chi connectivity index (χ1v) is 5.46. The van der Waals surface area contributed by atoms with Crippen LogP contribution in [-0.2, 0) is 0 Å². The van der Waals surface area contributed by atoms with Gasteiger partial charge in [-0.05, 0) is 43.5 Å². The SMILES string of the molecule is CCCNC(=O)Nc1c(C)cc(N)cc1C. The largest absolute Gasteiger partial charge is 0.399 e. The van der Waals surface area contributed by atoms with E-state index in [1.807, 2.05) is 32.9 Å². The van der Waals surface area contributed by atoms with Crippen LogP contribution in [0.1, 0.15) is 24.5 Å². The zero-order valence-electron chi connectivity index (χ0n) is 10.1. The minimum Gasteiger partial charge on any atom is -0.399 e. The first-order chi connectivity index (χ1) is 7.54. The summed E-state index contributed by atoms with van der Waals surface area (Å²) in [6.07, 6.45) is 0.924. The van der Waals surface area contributed by atoms with Crippen molar-refractivity contribution < 1.29 is 4.79 Å². The monoisotopic (exact) mass is 221 g/mol. The summed E-state index contributed by atoms with van der Waals surface area (Å²) < 4.78 is 0. The molecule has 0 spiro atoms. The molecule has 4 nitrogen and oxygen atoms in total. The fourth-order valence-electron chi connectivity index (χ4n) is 1.59.